The predicted octanol–water partition coefficient (Wildman–Crippen LogP) is 4.46. The Labute approximate surface area is 158 Å². The Morgan fingerprint density at radius 2 is 1.65 bits per heavy atom. The number of halogens is 1. The molecule has 1 heterocycles. The molecule has 0 saturated heterocycles. The quantitative estimate of drug-likeness (QED) is 0.748. The molecule has 3 rings (SSSR count). The number of hydrogen-bond acceptors (Lipinski definition) is 3. The fourth-order valence-corrected chi connectivity index (χ4v) is 3.44. The topological polar surface area (TPSA) is 40.6 Å². The second-order valence-electron chi connectivity index (χ2n) is 6.48. The first-order valence-electron chi connectivity index (χ1n) is 8.55. The third-order valence-corrected chi connectivity index (χ3v) is 4.85. The van der Waals surface area contributed by atoms with E-state index in [0.29, 0.717) is 12.2 Å². The highest BCUT2D eigenvalue weighted by molar-refractivity contribution is 6.53. The number of hydrogen-bond donors (Lipinski definition) is 0. The van der Waals surface area contributed by atoms with Gasteiger partial charge in [0.25, 0.3) is 11.8 Å². The van der Waals surface area contributed by atoms with E-state index in [1.54, 1.807) is 4.90 Å². The Balaban J connectivity index is 2.07. The molecule has 1 aliphatic heterocycles. The molecule has 134 valence electrons. The summed E-state index contributed by atoms with van der Waals surface area (Å²) < 4.78 is 0. The second kappa shape index (κ2) is 6.96. The molecule has 0 spiro atoms. The summed E-state index contributed by atoms with van der Waals surface area (Å²) in [7, 11) is 0. The Kier molecular flexibility index (Phi) is 4.88. The molecule has 0 unspecified atom stereocenters. The molecule has 0 aromatic heterocycles. The van der Waals surface area contributed by atoms with E-state index in [1.807, 2.05) is 70.2 Å². The standard InChI is InChI=1S/C21H21ClN2O2/c1-5-23(16-8-6-7-13(2)11-16)19-18(22)20(25)24(21(19)26)17-12-14(3)9-10-15(17)4/h6-12H,5H2,1-4H3. The smallest absolute Gasteiger partial charge is 0.283 e. The Bertz CT molecular complexity index is 933. The van der Waals surface area contributed by atoms with Gasteiger partial charge in [-0.3, -0.25) is 9.59 Å². The summed E-state index contributed by atoms with van der Waals surface area (Å²) >= 11 is 6.35. The van der Waals surface area contributed by atoms with E-state index in [1.165, 1.54) is 4.90 Å². The Hall–Kier alpha value is -2.59. The van der Waals surface area contributed by atoms with Crippen molar-refractivity contribution in [3.8, 4) is 0 Å². The molecule has 0 radical (unpaired) electrons. The van der Waals surface area contributed by atoms with Gasteiger partial charge in [-0.05, 0) is 62.6 Å². The molecule has 0 saturated carbocycles. The van der Waals surface area contributed by atoms with Crippen molar-refractivity contribution in [2.75, 3.05) is 16.3 Å². The van der Waals surface area contributed by atoms with E-state index in [2.05, 4.69) is 0 Å². The third kappa shape index (κ3) is 3.01. The largest absolute Gasteiger partial charge is 0.336 e. The summed E-state index contributed by atoms with van der Waals surface area (Å²) in [5.41, 5.74) is 4.54. The van der Waals surface area contributed by atoms with Crippen LogP contribution in [0, 0.1) is 20.8 Å². The molecule has 2 amide bonds. The number of imide groups is 1. The highest BCUT2D eigenvalue weighted by Crippen LogP contribution is 2.35. The van der Waals surface area contributed by atoms with Gasteiger partial charge in [0, 0.05) is 12.2 Å². The van der Waals surface area contributed by atoms with Gasteiger partial charge >= 0.3 is 0 Å². The molecule has 2 aromatic rings. The van der Waals surface area contributed by atoms with E-state index in [9.17, 15) is 9.59 Å². The first-order valence-corrected chi connectivity index (χ1v) is 8.93. The minimum atomic E-state index is -0.480. The average Bonchev–Trinajstić information content (AvgIpc) is 2.82. The van der Waals surface area contributed by atoms with E-state index in [-0.39, 0.29) is 10.7 Å². The zero-order valence-electron chi connectivity index (χ0n) is 15.3. The van der Waals surface area contributed by atoms with E-state index >= 15 is 0 Å². The third-order valence-electron chi connectivity index (χ3n) is 4.51. The van der Waals surface area contributed by atoms with Crippen molar-refractivity contribution in [3.05, 3.63) is 69.9 Å². The molecule has 0 fully saturated rings. The van der Waals surface area contributed by atoms with Crippen molar-refractivity contribution in [2.24, 2.45) is 0 Å². The molecule has 0 bridgehead atoms. The van der Waals surface area contributed by atoms with Crippen molar-refractivity contribution in [2.45, 2.75) is 27.7 Å². The summed E-state index contributed by atoms with van der Waals surface area (Å²) in [6.45, 7) is 8.23. The highest BCUT2D eigenvalue weighted by Gasteiger charge is 2.42. The summed E-state index contributed by atoms with van der Waals surface area (Å²) in [6.07, 6.45) is 0. The van der Waals surface area contributed by atoms with Gasteiger partial charge in [-0.1, -0.05) is 35.9 Å². The summed E-state index contributed by atoms with van der Waals surface area (Å²) in [5, 5.41) is -0.0423. The number of aryl methyl sites for hydroxylation is 3. The van der Waals surface area contributed by atoms with Crippen LogP contribution < -0.4 is 9.80 Å². The van der Waals surface area contributed by atoms with Crippen molar-refractivity contribution >= 4 is 34.8 Å². The maximum absolute atomic E-state index is 13.2. The molecule has 4 nitrogen and oxygen atoms in total. The Morgan fingerprint density at radius 1 is 0.962 bits per heavy atom. The van der Waals surface area contributed by atoms with Gasteiger partial charge in [-0.15, -0.1) is 0 Å². The number of amides is 2. The molecular formula is C21H21ClN2O2. The van der Waals surface area contributed by atoms with Gasteiger partial charge in [0.1, 0.15) is 10.7 Å². The minimum Gasteiger partial charge on any atom is -0.336 e. The molecule has 1 aliphatic rings. The maximum atomic E-state index is 13.2. The lowest BCUT2D eigenvalue weighted by molar-refractivity contribution is -0.120. The van der Waals surface area contributed by atoms with Crippen molar-refractivity contribution in [1.29, 1.82) is 0 Å². The average molecular weight is 369 g/mol. The first-order chi connectivity index (χ1) is 12.3. The van der Waals surface area contributed by atoms with Crippen LogP contribution in [0.15, 0.2) is 53.2 Å². The van der Waals surface area contributed by atoms with Gasteiger partial charge in [0.2, 0.25) is 0 Å². The summed E-state index contributed by atoms with van der Waals surface area (Å²) in [5.74, 6) is -0.872. The Morgan fingerprint density at radius 3 is 2.31 bits per heavy atom. The monoisotopic (exact) mass is 368 g/mol. The molecule has 0 N–H and O–H groups in total. The van der Waals surface area contributed by atoms with E-state index < -0.39 is 11.8 Å². The number of carbonyl (C=O) groups excluding carboxylic acids is 2. The van der Waals surface area contributed by atoms with Crippen LogP contribution in [0.1, 0.15) is 23.6 Å². The van der Waals surface area contributed by atoms with Crippen molar-refractivity contribution in [1.82, 2.24) is 0 Å². The zero-order chi connectivity index (χ0) is 19.0. The van der Waals surface area contributed by atoms with Crippen molar-refractivity contribution < 1.29 is 9.59 Å². The van der Waals surface area contributed by atoms with Crippen LogP contribution in [0.4, 0.5) is 11.4 Å². The van der Waals surface area contributed by atoms with Gasteiger partial charge in [0.05, 0.1) is 5.69 Å². The number of rotatable bonds is 4. The highest BCUT2D eigenvalue weighted by atomic mass is 35.5. The second-order valence-corrected chi connectivity index (χ2v) is 6.86. The van der Waals surface area contributed by atoms with Crippen LogP contribution >= 0.6 is 11.6 Å². The molecule has 2 aromatic carbocycles. The molecule has 26 heavy (non-hydrogen) atoms. The molecule has 0 atom stereocenters. The normalized spacial score (nSPS) is 14.4. The lowest BCUT2D eigenvalue weighted by atomic mass is 10.1. The van der Waals surface area contributed by atoms with Crippen LogP contribution in [0.2, 0.25) is 0 Å². The number of benzene rings is 2. The van der Waals surface area contributed by atoms with Gasteiger partial charge in [-0.25, -0.2) is 4.90 Å². The van der Waals surface area contributed by atoms with Crippen LogP contribution in [0.3, 0.4) is 0 Å². The van der Waals surface area contributed by atoms with Crippen LogP contribution in [0.5, 0.6) is 0 Å². The van der Waals surface area contributed by atoms with Gasteiger partial charge < -0.3 is 4.90 Å². The van der Waals surface area contributed by atoms with E-state index in [4.69, 9.17) is 11.6 Å². The molecular weight excluding hydrogens is 348 g/mol. The summed E-state index contributed by atoms with van der Waals surface area (Å²) in [6, 6.07) is 13.5. The van der Waals surface area contributed by atoms with E-state index in [0.717, 1.165) is 22.4 Å². The SMILES string of the molecule is CCN(C1=C(Cl)C(=O)N(c2cc(C)ccc2C)C1=O)c1cccc(C)c1. The van der Waals surface area contributed by atoms with Crippen LogP contribution in [0.25, 0.3) is 0 Å². The minimum absolute atomic E-state index is 0.0423. The maximum Gasteiger partial charge on any atom is 0.283 e. The van der Waals surface area contributed by atoms with Gasteiger partial charge in [0.15, 0.2) is 0 Å². The zero-order valence-corrected chi connectivity index (χ0v) is 16.1. The first kappa shape index (κ1) is 18.2. The molecule has 0 aliphatic carbocycles. The number of likely N-dealkylation sites (N-methyl/N-ethyl adjacent to an activating group) is 1. The van der Waals surface area contributed by atoms with Gasteiger partial charge in [-0.2, -0.15) is 0 Å². The number of nitrogens with zero attached hydrogens (tertiary/aromatic N) is 2. The number of anilines is 2. The number of carbonyl (C=O) groups is 2. The van der Waals surface area contributed by atoms with Crippen molar-refractivity contribution in [3.63, 3.8) is 0 Å². The fraction of sp³-hybridized carbons (Fsp3) is 0.238. The lowest BCUT2D eigenvalue weighted by Crippen LogP contribution is -2.35. The molecule has 5 heteroatoms. The van der Waals surface area contributed by atoms with Crippen LogP contribution in [-0.2, 0) is 9.59 Å². The summed E-state index contributed by atoms with van der Waals surface area (Å²) in [4.78, 5) is 28.9. The predicted molar refractivity (Wildman–Crippen MR) is 105 cm³/mol. The fourth-order valence-electron chi connectivity index (χ4n) is 3.17. The lowest BCUT2D eigenvalue weighted by Gasteiger charge is -2.25. The van der Waals surface area contributed by atoms with Crippen LogP contribution in [-0.4, -0.2) is 18.4 Å².